The Labute approximate surface area is 135 Å². The van der Waals surface area contributed by atoms with Crippen LogP contribution >= 0.6 is 0 Å². The van der Waals surface area contributed by atoms with Gasteiger partial charge in [0.05, 0.1) is 6.42 Å². The van der Waals surface area contributed by atoms with Crippen LogP contribution in [0.5, 0.6) is 0 Å². The largest absolute Gasteiger partial charge is 0.339 e. The summed E-state index contributed by atoms with van der Waals surface area (Å²) >= 11 is 0. The predicted octanol–water partition coefficient (Wildman–Crippen LogP) is 2.16. The average Bonchev–Trinajstić information content (AvgIpc) is 3.32. The van der Waals surface area contributed by atoms with Gasteiger partial charge in [-0.25, -0.2) is 0 Å². The molecule has 1 aromatic heterocycles. The zero-order chi connectivity index (χ0) is 16.2. The van der Waals surface area contributed by atoms with Gasteiger partial charge in [-0.1, -0.05) is 17.3 Å². The molecule has 1 atom stereocenters. The van der Waals surface area contributed by atoms with Crippen molar-refractivity contribution in [2.45, 2.75) is 38.6 Å². The Balaban J connectivity index is 1.56. The van der Waals surface area contributed by atoms with E-state index in [1.165, 1.54) is 0 Å². The van der Waals surface area contributed by atoms with Crippen LogP contribution in [0.25, 0.3) is 0 Å². The van der Waals surface area contributed by atoms with Gasteiger partial charge in [0, 0.05) is 24.1 Å². The normalized spacial score (nSPS) is 15.4. The van der Waals surface area contributed by atoms with Crippen molar-refractivity contribution in [3.63, 3.8) is 0 Å². The fourth-order valence-corrected chi connectivity index (χ4v) is 2.29. The maximum absolute atomic E-state index is 11.7. The Morgan fingerprint density at radius 1 is 1.35 bits per heavy atom. The summed E-state index contributed by atoms with van der Waals surface area (Å²) in [6.07, 6.45) is 3.36. The third kappa shape index (κ3) is 4.39. The van der Waals surface area contributed by atoms with E-state index < -0.39 is 0 Å². The van der Waals surface area contributed by atoms with E-state index in [0.717, 1.165) is 36.3 Å². The van der Waals surface area contributed by atoms with Crippen molar-refractivity contribution >= 4 is 11.6 Å². The molecule has 1 aliphatic rings. The standard InChI is InChI=1S/C17H22N4O2/c1-11(18-2)9-15-20-16(23-21-15)10-12-3-7-14(8-4-12)19-17(22)13-5-6-13/h3-4,7-8,11,13,18H,5-6,9-10H2,1-2H3,(H,19,22). The first-order chi connectivity index (χ1) is 11.1. The Hall–Kier alpha value is -2.21. The van der Waals surface area contributed by atoms with E-state index in [-0.39, 0.29) is 11.8 Å². The Bertz CT molecular complexity index is 661. The highest BCUT2D eigenvalue weighted by molar-refractivity contribution is 5.93. The Morgan fingerprint density at radius 2 is 2.09 bits per heavy atom. The van der Waals surface area contributed by atoms with Crippen molar-refractivity contribution in [1.82, 2.24) is 15.5 Å². The number of nitrogens with zero attached hydrogens (tertiary/aromatic N) is 2. The lowest BCUT2D eigenvalue weighted by molar-refractivity contribution is -0.117. The summed E-state index contributed by atoms with van der Waals surface area (Å²) in [5.41, 5.74) is 1.91. The number of hydrogen-bond donors (Lipinski definition) is 2. The molecule has 0 saturated heterocycles. The number of carbonyl (C=O) groups excluding carboxylic acids is 1. The number of likely N-dealkylation sites (N-methyl/N-ethyl adjacent to an activating group) is 1. The fraction of sp³-hybridized carbons (Fsp3) is 0.471. The van der Waals surface area contributed by atoms with Crippen molar-refractivity contribution in [3.05, 3.63) is 41.5 Å². The van der Waals surface area contributed by atoms with Crippen LogP contribution in [0.15, 0.2) is 28.8 Å². The second-order valence-corrected chi connectivity index (χ2v) is 6.14. The van der Waals surface area contributed by atoms with Crippen LogP contribution in [0.1, 0.15) is 37.0 Å². The molecule has 0 radical (unpaired) electrons. The number of anilines is 1. The molecular weight excluding hydrogens is 292 g/mol. The van der Waals surface area contributed by atoms with Crippen molar-refractivity contribution in [3.8, 4) is 0 Å². The van der Waals surface area contributed by atoms with Crippen LogP contribution in [0.2, 0.25) is 0 Å². The molecule has 1 saturated carbocycles. The van der Waals surface area contributed by atoms with Gasteiger partial charge in [0.25, 0.3) is 0 Å². The minimum absolute atomic E-state index is 0.123. The quantitative estimate of drug-likeness (QED) is 0.818. The molecule has 23 heavy (non-hydrogen) atoms. The number of nitrogens with one attached hydrogen (secondary N) is 2. The Kier molecular flexibility index (Phi) is 4.71. The smallest absolute Gasteiger partial charge is 0.231 e. The minimum Gasteiger partial charge on any atom is -0.339 e. The van der Waals surface area contributed by atoms with Crippen LogP contribution in [-0.4, -0.2) is 29.1 Å². The number of rotatable bonds is 7. The maximum Gasteiger partial charge on any atom is 0.231 e. The molecule has 0 spiro atoms. The second-order valence-electron chi connectivity index (χ2n) is 6.14. The van der Waals surface area contributed by atoms with Gasteiger partial charge >= 0.3 is 0 Å². The van der Waals surface area contributed by atoms with E-state index in [0.29, 0.717) is 18.4 Å². The van der Waals surface area contributed by atoms with Crippen LogP contribution < -0.4 is 10.6 Å². The molecule has 0 aliphatic heterocycles. The summed E-state index contributed by atoms with van der Waals surface area (Å²) < 4.78 is 5.29. The molecule has 1 unspecified atom stereocenters. The van der Waals surface area contributed by atoms with Crippen molar-refractivity contribution < 1.29 is 9.32 Å². The molecule has 6 heteroatoms. The van der Waals surface area contributed by atoms with Crippen LogP contribution in [0.3, 0.4) is 0 Å². The maximum atomic E-state index is 11.7. The molecule has 122 valence electrons. The van der Waals surface area contributed by atoms with Gasteiger partial charge in [-0.3, -0.25) is 4.79 Å². The molecule has 1 heterocycles. The molecule has 6 nitrogen and oxygen atoms in total. The van der Waals surface area contributed by atoms with E-state index in [1.54, 1.807) is 0 Å². The van der Waals surface area contributed by atoms with Gasteiger partial charge in [0.15, 0.2) is 5.82 Å². The molecule has 1 amide bonds. The lowest BCUT2D eigenvalue weighted by atomic mass is 10.1. The number of aromatic nitrogens is 2. The summed E-state index contributed by atoms with van der Waals surface area (Å²) in [5.74, 6) is 1.66. The number of carbonyl (C=O) groups is 1. The lowest BCUT2D eigenvalue weighted by Gasteiger charge is -2.05. The number of hydrogen-bond acceptors (Lipinski definition) is 5. The third-order valence-electron chi connectivity index (χ3n) is 4.02. The van der Waals surface area contributed by atoms with Gasteiger partial charge in [0.2, 0.25) is 11.8 Å². The number of amides is 1. The van der Waals surface area contributed by atoms with Crippen LogP contribution in [0.4, 0.5) is 5.69 Å². The van der Waals surface area contributed by atoms with E-state index in [2.05, 4.69) is 27.7 Å². The predicted molar refractivity (Wildman–Crippen MR) is 87.1 cm³/mol. The first kappa shape index (κ1) is 15.7. The lowest BCUT2D eigenvalue weighted by Crippen LogP contribution is -2.24. The highest BCUT2D eigenvalue weighted by Crippen LogP contribution is 2.30. The molecule has 1 aliphatic carbocycles. The zero-order valence-electron chi connectivity index (χ0n) is 13.5. The van der Waals surface area contributed by atoms with Crippen molar-refractivity contribution in [1.29, 1.82) is 0 Å². The van der Waals surface area contributed by atoms with Crippen molar-refractivity contribution in [2.75, 3.05) is 12.4 Å². The summed E-state index contributed by atoms with van der Waals surface area (Å²) in [5, 5.41) is 10.1. The van der Waals surface area contributed by atoms with Gasteiger partial charge in [0.1, 0.15) is 0 Å². The van der Waals surface area contributed by atoms with Crippen molar-refractivity contribution in [2.24, 2.45) is 5.92 Å². The highest BCUT2D eigenvalue weighted by atomic mass is 16.5. The highest BCUT2D eigenvalue weighted by Gasteiger charge is 2.29. The molecule has 2 N–H and O–H groups in total. The van der Waals surface area contributed by atoms with Gasteiger partial charge < -0.3 is 15.2 Å². The van der Waals surface area contributed by atoms with Crippen LogP contribution in [-0.2, 0) is 17.6 Å². The van der Waals surface area contributed by atoms with Gasteiger partial charge in [-0.15, -0.1) is 0 Å². The fourth-order valence-electron chi connectivity index (χ4n) is 2.29. The summed E-state index contributed by atoms with van der Waals surface area (Å²) in [7, 11) is 1.91. The topological polar surface area (TPSA) is 80.0 Å². The number of benzene rings is 1. The molecule has 0 bridgehead atoms. The Morgan fingerprint density at radius 3 is 2.74 bits per heavy atom. The monoisotopic (exact) mass is 314 g/mol. The molecule has 2 aromatic rings. The van der Waals surface area contributed by atoms with Gasteiger partial charge in [-0.2, -0.15) is 4.98 Å². The SMILES string of the molecule is CNC(C)Cc1noc(Cc2ccc(NC(=O)C3CC3)cc2)n1. The van der Waals surface area contributed by atoms with E-state index >= 15 is 0 Å². The average molecular weight is 314 g/mol. The second kappa shape index (κ2) is 6.91. The van der Waals surface area contributed by atoms with E-state index in [9.17, 15) is 4.79 Å². The molecular formula is C17H22N4O2. The molecule has 1 aromatic carbocycles. The van der Waals surface area contributed by atoms with Crippen LogP contribution in [0, 0.1) is 5.92 Å². The molecule has 3 rings (SSSR count). The third-order valence-corrected chi connectivity index (χ3v) is 4.02. The summed E-state index contributed by atoms with van der Waals surface area (Å²) in [6, 6.07) is 8.09. The summed E-state index contributed by atoms with van der Waals surface area (Å²) in [6.45, 7) is 2.07. The zero-order valence-corrected chi connectivity index (χ0v) is 13.5. The van der Waals surface area contributed by atoms with Gasteiger partial charge in [-0.05, 0) is 44.5 Å². The summed E-state index contributed by atoms with van der Waals surface area (Å²) in [4.78, 5) is 16.1. The first-order valence-corrected chi connectivity index (χ1v) is 8.02. The first-order valence-electron chi connectivity index (χ1n) is 8.02. The van der Waals surface area contributed by atoms with E-state index in [4.69, 9.17) is 4.52 Å². The molecule has 1 fully saturated rings. The minimum atomic E-state index is 0.123. The van der Waals surface area contributed by atoms with E-state index in [1.807, 2.05) is 31.3 Å².